The summed E-state index contributed by atoms with van der Waals surface area (Å²) in [5.41, 5.74) is 1.35. The second kappa shape index (κ2) is 4.87. The van der Waals surface area contributed by atoms with E-state index >= 15 is 0 Å². The highest BCUT2D eigenvalue weighted by Gasteiger charge is 2.23. The molecular formula is C14H18ClNO. The first-order valence-corrected chi connectivity index (χ1v) is 6.83. The first-order valence-electron chi connectivity index (χ1n) is 6.46. The maximum atomic E-state index is 6.17. The summed E-state index contributed by atoms with van der Waals surface area (Å²) >= 11 is 6.17. The summed E-state index contributed by atoms with van der Waals surface area (Å²) in [5, 5.41) is 4.13. The minimum atomic E-state index is 0.621. The van der Waals surface area contributed by atoms with Gasteiger partial charge < -0.3 is 10.1 Å². The fourth-order valence-electron chi connectivity index (χ4n) is 2.32. The molecule has 17 heavy (non-hydrogen) atoms. The van der Waals surface area contributed by atoms with Crippen molar-refractivity contribution in [3.8, 4) is 5.75 Å². The van der Waals surface area contributed by atoms with Crippen molar-refractivity contribution in [2.24, 2.45) is 5.92 Å². The summed E-state index contributed by atoms with van der Waals surface area (Å²) < 4.78 is 5.81. The number of hydrogen-bond donors (Lipinski definition) is 1. The van der Waals surface area contributed by atoms with E-state index in [0.29, 0.717) is 5.92 Å². The number of hydrogen-bond acceptors (Lipinski definition) is 2. The van der Waals surface area contributed by atoms with Crippen LogP contribution in [-0.4, -0.2) is 19.7 Å². The Morgan fingerprint density at radius 2 is 2.18 bits per heavy atom. The maximum absolute atomic E-state index is 6.17. The minimum absolute atomic E-state index is 0.621. The second-order valence-corrected chi connectivity index (χ2v) is 5.54. The highest BCUT2D eigenvalue weighted by molar-refractivity contribution is 6.32. The van der Waals surface area contributed by atoms with Gasteiger partial charge in [0.2, 0.25) is 0 Å². The van der Waals surface area contributed by atoms with Gasteiger partial charge in [-0.1, -0.05) is 17.7 Å². The summed E-state index contributed by atoms with van der Waals surface area (Å²) in [6.45, 7) is 3.02. The first-order chi connectivity index (χ1) is 8.33. The van der Waals surface area contributed by atoms with Crippen molar-refractivity contribution in [2.45, 2.75) is 25.2 Å². The molecular weight excluding hydrogens is 234 g/mol. The zero-order valence-corrected chi connectivity index (χ0v) is 10.7. The summed E-state index contributed by atoms with van der Waals surface area (Å²) in [6.07, 6.45) is 3.83. The second-order valence-electron chi connectivity index (χ2n) is 5.13. The molecule has 1 atom stereocenters. The fourth-order valence-corrected chi connectivity index (χ4v) is 2.49. The molecule has 0 amide bonds. The van der Waals surface area contributed by atoms with Crippen molar-refractivity contribution < 1.29 is 4.74 Å². The summed E-state index contributed by atoms with van der Waals surface area (Å²) in [7, 11) is 0. The third-order valence-corrected chi connectivity index (χ3v) is 3.97. The molecule has 2 fully saturated rings. The van der Waals surface area contributed by atoms with Gasteiger partial charge in [-0.25, -0.2) is 0 Å². The third kappa shape index (κ3) is 2.75. The van der Waals surface area contributed by atoms with Crippen LogP contribution < -0.4 is 10.1 Å². The van der Waals surface area contributed by atoms with Crippen LogP contribution in [0, 0.1) is 5.92 Å². The van der Waals surface area contributed by atoms with Crippen LogP contribution in [0.1, 0.15) is 30.7 Å². The van der Waals surface area contributed by atoms with Crippen LogP contribution >= 0.6 is 11.6 Å². The molecule has 1 N–H and O–H groups in total. The number of benzene rings is 1. The van der Waals surface area contributed by atoms with Gasteiger partial charge in [-0.05, 0) is 55.3 Å². The lowest BCUT2D eigenvalue weighted by molar-refractivity contribution is 0.299. The summed E-state index contributed by atoms with van der Waals surface area (Å²) in [5.74, 6) is 2.25. The van der Waals surface area contributed by atoms with E-state index in [0.717, 1.165) is 36.4 Å². The molecule has 1 heterocycles. The average Bonchev–Trinajstić information content (AvgIpc) is 3.00. The Labute approximate surface area is 107 Å². The molecule has 0 radical (unpaired) electrons. The van der Waals surface area contributed by atoms with Gasteiger partial charge in [-0.2, -0.15) is 0 Å². The highest BCUT2D eigenvalue weighted by Crippen LogP contribution is 2.34. The molecule has 1 aliphatic carbocycles. The van der Waals surface area contributed by atoms with Crippen molar-refractivity contribution in [3.63, 3.8) is 0 Å². The van der Waals surface area contributed by atoms with Crippen LogP contribution in [0.4, 0.5) is 0 Å². The molecule has 0 spiro atoms. The molecule has 0 aromatic heterocycles. The Hall–Kier alpha value is -0.730. The first kappa shape index (κ1) is 11.4. The van der Waals surface area contributed by atoms with Gasteiger partial charge in [0.05, 0.1) is 11.6 Å². The molecule has 3 rings (SSSR count). The van der Waals surface area contributed by atoms with E-state index in [1.165, 1.54) is 24.8 Å². The zero-order chi connectivity index (χ0) is 11.7. The van der Waals surface area contributed by atoms with Gasteiger partial charge in [0.1, 0.15) is 5.75 Å². The zero-order valence-electron chi connectivity index (χ0n) is 9.92. The third-order valence-electron chi connectivity index (χ3n) is 3.66. The molecule has 2 nitrogen and oxygen atoms in total. The monoisotopic (exact) mass is 251 g/mol. The van der Waals surface area contributed by atoms with E-state index < -0.39 is 0 Å². The van der Waals surface area contributed by atoms with Gasteiger partial charge in [-0.15, -0.1) is 0 Å². The van der Waals surface area contributed by atoms with Crippen LogP contribution in [-0.2, 0) is 0 Å². The van der Waals surface area contributed by atoms with Gasteiger partial charge in [0.25, 0.3) is 0 Å². The number of nitrogens with one attached hydrogen (secondary N) is 1. The van der Waals surface area contributed by atoms with E-state index in [2.05, 4.69) is 17.4 Å². The van der Waals surface area contributed by atoms with Gasteiger partial charge in [-0.3, -0.25) is 0 Å². The quantitative estimate of drug-likeness (QED) is 0.887. The summed E-state index contributed by atoms with van der Waals surface area (Å²) in [4.78, 5) is 0. The van der Waals surface area contributed by atoms with Crippen molar-refractivity contribution in [2.75, 3.05) is 19.7 Å². The maximum Gasteiger partial charge on any atom is 0.138 e. The number of halogens is 1. The molecule has 0 bridgehead atoms. The molecule has 1 saturated heterocycles. The average molecular weight is 252 g/mol. The Morgan fingerprint density at radius 1 is 1.29 bits per heavy atom. The van der Waals surface area contributed by atoms with Crippen LogP contribution in [0.5, 0.6) is 5.75 Å². The van der Waals surface area contributed by atoms with Crippen molar-refractivity contribution in [1.29, 1.82) is 0 Å². The Bertz CT molecular complexity index is 397. The number of ether oxygens (including phenoxy) is 1. The molecule has 3 heteroatoms. The topological polar surface area (TPSA) is 21.3 Å². The molecule has 1 saturated carbocycles. The molecule has 92 valence electrons. The number of rotatable bonds is 4. The predicted molar refractivity (Wildman–Crippen MR) is 69.9 cm³/mol. The van der Waals surface area contributed by atoms with Crippen LogP contribution in [0.15, 0.2) is 18.2 Å². The molecule has 1 unspecified atom stereocenters. The lowest BCUT2D eigenvalue weighted by atomic mass is 9.98. The van der Waals surface area contributed by atoms with E-state index in [4.69, 9.17) is 16.3 Å². The molecule has 2 aliphatic rings. The van der Waals surface area contributed by atoms with Gasteiger partial charge >= 0.3 is 0 Å². The minimum Gasteiger partial charge on any atom is -0.492 e. The van der Waals surface area contributed by atoms with Gasteiger partial charge in [0.15, 0.2) is 0 Å². The van der Waals surface area contributed by atoms with E-state index in [9.17, 15) is 0 Å². The van der Waals surface area contributed by atoms with Crippen LogP contribution in [0.2, 0.25) is 5.02 Å². The molecule has 1 aromatic rings. The Morgan fingerprint density at radius 3 is 2.88 bits per heavy atom. The summed E-state index contributed by atoms with van der Waals surface area (Å²) in [6, 6.07) is 6.23. The normalized spacial score (nSPS) is 23.9. The van der Waals surface area contributed by atoms with Gasteiger partial charge in [0, 0.05) is 6.54 Å². The van der Waals surface area contributed by atoms with Crippen molar-refractivity contribution in [3.05, 3.63) is 28.8 Å². The van der Waals surface area contributed by atoms with E-state index in [1.807, 2.05) is 6.07 Å². The SMILES string of the molecule is Clc1ccc(C2CCNC2)cc1OCC1CC1. The Balaban J connectivity index is 1.73. The lowest BCUT2D eigenvalue weighted by Crippen LogP contribution is -2.08. The smallest absolute Gasteiger partial charge is 0.138 e. The van der Waals surface area contributed by atoms with Crippen LogP contribution in [0.3, 0.4) is 0 Å². The largest absolute Gasteiger partial charge is 0.492 e. The van der Waals surface area contributed by atoms with E-state index in [1.54, 1.807) is 0 Å². The fraction of sp³-hybridized carbons (Fsp3) is 0.571. The molecule has 1 aromatic carbocycles. The van der Waals surface area contributed by atoms with E-state index in [-0.39, 0.29) is 0 Å². The molecule has 1 aliphatic heterocycles. The lowest BCUT2D eigenvalue weighted by Gasteiger charge is -2.13. The van der Waals surface area contributed by atoms with Crippen LogP contribution in [0.25, 0.3) is 0 Å². The van der Waals surface area contributed by atoms with Crippen molar-refractivity contribution >= 4 is 11.6 Å². The Kier molecular flexibility index (Phi) is 3.26. The standard InChI is InChI=1S/C14H18ClNO/c15-13-4-3-11(12-5-6-16-8-12)7-14(13)17-9-10-1-2-10/h3-4,7,10,12,16H,1-2,5-6,8-9H2. The highest BCUT2D eigenvalue weighted by atomic mass is 35.5. The van der Waals surface area contributed by atoms with Crippen molar-refractivity contribution in [1.82, 2.24) is 5.32 Å². The predicted octanol–water partition coefficient (Wildman–Crippen LogP) is 3.21.